The van der Waals surface area contributed by atoms with Gasteiger partial charge in [-0.2, -0.15) is 0 Å². The summed E-state index contributed by atoms with van der Waals surface area (Å²) in [6.07, 6.45) is 1.69. The van der Waals surface area contributed by atoms with Crippen LogP contribution in [0.5, 0.6) is 0 Å². The summed E-state index contributed by atoms with van der Waals surface area (Å²) in [5.41, 5.74) is 3.26. The summed E-state index contributed by atoms with van der Waals surface area (Å²) in [4.78, 5) is 16.3. The number of rotatable bonds is 6. The van der Waals surface area contributed by atoms with Crippen molar-refractivity contribution in [3.8, 4) is 0 Å². The smallest absolute Gasteiger partial charge is 0.272 e. The number of nitrogens with zero attached hydrogens (tertiary/aromatic N) is 3. The Hall–Kier alpha value is -3.28. The lowest BCUT2D eigenvalue weighted by atomic mass is 10.0. The van der Waals surface area contributed by atoms with Crippen molar-refractivity contribution < 1.29 is 4.79 Å². The molecular weight excluding hydrogens is 326 g/mol. The molecule has 2 heterocycles. The molecule has 0 radical (unpaired) electrons. The summed E-state index contributed by atoms with van der Waals surface area (Å²) in [7, 11) is 0. The lowest BCUT2D eigenvalue weighted by molar-refractivity contribution is 0.0944. The van der Waals surface area contributed by atoms with Crippen molar-refractivity contribution in [3.63, 3.8) is 0 Å². The highest BCUT2D eigenvalue weighted by molar-refractivity contribution is 5.92. The molecule has 0 aliphatic carbocycles. The van der Waals surface area contributed by atoms with E-state index < -0.39 is 0 Å². The van der Waals surface area contributed by atoms with Gasteiger partial charge in [0.15, 0.2) is 11.5 Å². The molecule has 0 saturated heterocycles. The first kappa shape index (κ1) is 17.5. The van der Waals surface area contributed by atoms with Crippen molar-refractivity contribution in [2.45, 2.75) is 26.3 Å². The first-order valence-electron chi connectivity index (χ1n) is 8.50. The van der Waals surface area contributed by atoms with E-state index in [1.165, 1.54) is 5.56 Å². The third-order valence-corrected chi connectivity index (χ3v) is 3.90. The van der Waals surface area contributed by atoms with Gasteiger partial charge < -0.3 is 10.6 Å². The van der Waals surface area contributed by atoms with Crippen LogP contribution in [-0.4, -0.2) is 21.1 Å². The van der Waals surface area contributed by atoms with Crippen molar-refractivity contribution in [1.82, 2.24) is 20.5 Å². The van der Waals surface area contributed by atoms with Crippen LogP contribution in [0.1, 0.15) is 41.5 Å². The Morgan fingerprint density at radius 2 is 1.81 bits per heavy atom. The Labute approximate surface area is 152 Å². The molecule has 3 rings (SSSR count). The standard InChI is InChI=1S/C20H21N5O/c1-14(2)15-6-8-16(9-7-15)23-19-11-10-18(24-25-19)20(26)22-13-17-5-3-4-12-21-17/h3-12,14H,13H2,1-2H3,(H,22,26)(H,23,25). The van der Waals surface area contributed by atoms with Crippen LogP contribution in [0, 0.1) is 0 Å². The van der Waals surface area contributed by atoms with Crippen molar-refractivity contribution in [3.05, 3.63) is 77.7 Å². The maximum atomic E-state index is 12.1. The number of benzene rings is 1. The molecule has 2 aromatic heterocycles. The zero-order valence-electron chi connectivity index (χ0n) is 14.8. The molecule has 0 aliphatic rings. The van der Waals surface area contributed by atoms with E-state index in [2.05, 4.69) is 51.8 Å². The Bertz CT molecular complexity index is 846. The second-order valence-corrected chi connectivity index (χ2v) is 6.21. The minimum atomic E-state index is -0.281. The summed E-state index contributed by atoms with van der Waals surface area (Å²) >= 11 is 0. The van der Waals surface area contributed by atoms with Crippen molar-refractivity contribution in [1.29, 1.82) is 0 Å². The second kappa shape index (κ2) is 8.20. The number of carbonyl (C=O) groups excluding carboxylic acids is 1. The van der Waals surface area contributed by atoms with Gasteiger partial charge in [0.1, 0.15) is 0 Å². The number of aromatic nitrogens is 3. The average Bonchev–Trinajstić information content (AvgIpc) is 2.68. The Balaban J connectivity index is 1.58. The van der Waals surface area contributed by atoms with Crippen molar-refractivity contribution in [2.75, 3.05) is 5.32 Å². The van der Waals surface area contributed by atoms with E-state index in [4.69, 9.17) is 0 Å². The molecule has 26 heavy (non-hydrogen) atoms. The number of hydrogen-bond acceptors (Lipinski definition) is 5. The van der Waals surface area contributed by atoms with Gasteiger partial charge in [0.25, 0.3) is 5.91 Å². The quantitative estimate of drug-likeness (QED) is 0.711. The molecular formula is C20H21N5O. The van der Waals surface area contributed by atoms with Crippen LogP contribution >= 0.6 is 0 Å². The van der Waals surface area contributed by atoms with Crippen LogP contribution in [0.15, 0.2) is 60.8 Å². The van der Waals surface area contributed by atoms with E-state index in [1.54, 1.807) is 18.3 Å². The van der Waals surface area contributed by atoms with Gasteiger partial charge in [-0.3, -0.25) is 9.78 Å². The normalized spacial score (nSPS) is 10.6. The third-order valence-electron chi connectivity index (χ3n) is 3.90. The molecule has 0 spiro atoms. The molecule has 1 amide bonds. The molecule has 132 valence electrons. The Morgan fingerprint density at radius 3 is 2.42 bits per heavy atom. The van der Waals surface area contributed by atoms with Crippen LogP contribution in [-0.2, 0) is 6.54 Å². The molecule has 0 bridgehead atoms. The second-order valence-electron chi connectivity index (χ2n) is 6.21. The number of nitrogens with one attached hydrogen (secondary N) is 2. The molecule has 0 aliphatic heterocycles. The van der Waals surface area contributed by atoms with Crippen LogP contribution in [0.3, 0.4) is 0 Å². The fraction of sp³-hybridized carbons (Fsp3) is 0.200. The van der Waals surface area contributed by atoms with Gasteiger partial charge in [-0.25, -0.2) is 0 Å². The van der Waals surface area contributed by atoms with Crippen molar-refractivity contribution >= 4 is 17.4 Å². The molecule has 6 heteroatoms. The monoisotopic (exact) mass is 347 g/mol. The van der Waals surface area contributed by atoms with Gasteiger partial charge in [-0.05, 0) is 47.9 Å². The maximum Gasteiger partial charge on any atom is 0.272 e. The molecule has 6 nitrogen and oxygen atoms in total. The highest BCUT2D eigenvalue weighted by Gasteiger charge is 2.08. The lowest BCUT2D eigenvalue weighted by Crippen LogP contribution is -2.24. The van der Waals surface area contributed by atoms with E-state index in [9.17, 15) is 4.79 Å². The topological polar surface area (TPSA) is 79.8 Å². The van der Waals surface area contributed by atoms with Crippen LogP contribution in [0.4, 0.5) is 11.5 Å². The summed E-state index contributed by atoms with van der Waals surface area (Å²) < 4.78 is 0. The van der Waals surface area contributed by atoms with Gasteiger partial charge in [0.05, 0.1) is 12.2 Å². The summed E-state index contributed by atoms with van der Waals surface area (Å²) in [6, 6.07) is 17.1. The predicted octanol–water partition coefficient (Wildman–Crippen LogP) is 3.67. The molecule has 0 unspecified atom stereocenters. The van der Waals surface area contributed by atoms with Crippen LogP contribution in [0.2, 0.25) is 0 Å². The highest BCUT2D eigenvalue weighted by Crippen LogP contribution is 2.19. The first-order valence-corrected chi connectivity index (χ1v) is 8.50. The summed E-state index contributed by atoms with van der Waals surface area (Å²) in [5.74, 6) is 0.798. The molecule has 0 fully saturated rings. The molecule has 0 atom stereocenters. The third kappa shape index (κ3) is 4.63. The molecule has 1 aromatic carbocycles. The van der Waals surface area contributed by atoms with Gasteiger partial charge in [0.2, 0.25) is 0 Å². The highest BCUT2D eigenvalue weighted by atomic mass is 16.1. The molecule has 3 aromatic rings. The molecule has 2 N–H and O–H groups in total. The summed E-state index contributed by atoms with van der Waals surface area (Å²) in [5, 5.41) is 14.0. The average molecular weight is 347 g/mol. The minimum Gasteiger partial charge on any atom is -0.345 e. The zero-order valence-corrected chi connectivity index (χ0v) is 14.8. The number of anilines is 2. The fourth-order valence-electron chi connectivity index (χ4n) is 2.38. The Morgan fingerprint density at radius 1 is 1.00 bits per heavy atom. The summed E-state index contributed by atoms with van der Waals surface area (Å²) in [6.45, 7) is 4.67. The number of amides is 1. The predicted molar refractivity (Wildman–Crippen MR) is 101 cm³/mol. The largest absolute Gasteiger partial charge is 0.345 e. The van der Waals surface area contributed by atoms with Gasteiger partial charge in [-0.1, -0.05) is 32.0 Å². The Kier molecular flexibility index (Phi) is 5.53. The fourth-order valence-corrected chi connectivity index (χ4v) is 2.38. The van der Waals surface area contributed by atoms with Crippen LogP contribution < -0.4 is 10.6 Å². The van der Waals surface area contributed by atoms with E-state index in [-0.39, 0.29) is 11.6 Å². The molecule has 0 saturated carbocycles. The van der Waals surface area contributed by atoms with Gasteiger partial charge in [-0.15, -0.1) is 10.2 Å². The minimum absolute atomic E-state index is 0.265. The first-order chi connectivity index (χ1) is 12.6. The maximum absolute atomic E-state index is 12.1. The van der Waals surface area contributed by atoms with Crippen LogP contribution in [0.25, 0.3) is 0 Å². The SMILES string of the molecule is CC(C)c1ccc(Nc2ccc(C(=O)NCc3ccccn3)nn2)cc1. The lowest BCUT2D eigenvalue weighted by Gasteiger charge is -2.09. The number of pyridine rings is 1. The van der Waals surface area contributed by atoms with E-state index in [1.807, 2.05) is 30.3 Å². The van der Waals surface area contributed by atoms with Gasteiger partial charge >= 0.3 is 0 Å². The van der Waals surface area contributed by atoms with E-state index >= 15 is 0 Å². The zero-order chi connectivity index (χ0) is 18.4. The van der Waals surface area contributed by atoms with Crippen molar-refractivity contribution in [2.24, 2.45) is 0 Å². The van der Waals surface area contributed by atoms with E-state index in [0.29, 0.717) is 18.3 Å². The number of carbonyl (C=O) groups is 1. The van der Waals surface area contributed by atoms with E-state index in [0.717, 1.165) is 11.4 Å². The number of hydrogen-bond donors (Lipinski definition) is 2. The van der Waals surface area contributed by atoms with Gasteiger partial charge in [0, 0.05) is 11.9 Å².